The van der Waals surface area contributed by atoms with Gasteiger partial charge in [-0.3, -0.25) is 15.5 Å². The number of hydrogen-bond acceptors (Lipinski definition) is 7. The van der Waals surface area contributed by atoms with Gasteiger partial charge in [-0.15, -0.1) is 0 Å². The van der Waals surface area contributed by atoms with Crippen LogP contribution >= 0.6 is 11.8 Å². The second kappa shape index (κ2) is 5.85. The number of rotatable bonds is 4. The molecule has 0 aliphatic carbocycles. The molecular weight excluding hydrogens is 278 g/mol. The van der Waals surface area contributed by atoms with Crippen molar-refractivity contribution in [3.63, 3.8) is 0 Å². The van der Waals surface area contributed by atoms with Crippen LogP contribution in [0.1, 0.15) is 11.3 Å². The van der Waals surface area contributed by atoms with Gasteiger partial charge in [-0.2, -0.15) is 4.98 Å². The van der Waals surface area contributed by atoms with E-state index in [-0.39, 0.29) is 22.4 Å². The zero-order chi connectivity index (χ0) is 14.7. The summed E-state index contributed by atoms with van der Waals surface area (Å²) in [5.41, 5.74) is 3.51. The highest BCUT2D eigenvalue weighted by Gasteiger charge is 2.23. The maximum Gasteiger partial charge on any atom is 0.322 e. The van der Waals surface area contributed by atoms with E-state index in [2.05, 4.69) is 15.4 Å². The van der Waals surface area contributed by atoms with Gasteiger partial charge in [0.1, 0.15) is 5.69 Å². The standard InChI is InChI=1S/C12H13N5O2S/c1-7-5-3-4-6-9(7)20-11-10(17(18)19)8(2)14-12(15-11)16-13/h3-6H,13H2,1-2H3,(H,14,15,16). The molecule has 2 rings (SSSR count). The molecule has 0 amide bonds. The molecule has 0 saturated heterocycles. The number of aryl methyl sites for hydroxylation is 2. The molecule has 0 fully saturated rings. The van der Waals surface area contributed by atoms with Gasteiger partial charge >= 0.3 is 5.69 Å². The smallest absolute Gasteiger partial charge is 0.292 e. The van der Waals surface area contributed by atoms with Crippen LogP contribution in [0.2, 0.25) is 0 Å². The Hall–Kier alpha value is -2.19. The van der Waals surface area contributed by atoms with E-state index in [0.717, 1.165) is 10.5 Å². The van der Waals surface area contributed by atoms with E-state index >= 15 is 0 Å². The minimum Gasteiger partial charge on any atom is -0.292 e. The molecule has 0 atom stereocenters. The third-order valence-electron chi connectivity index (χ3n) is 2.64. The summed E-state index contributed by atoms with van der Waals surface area (Å²) in [5, 5.41) is 11.4. The molecule has 0 saturated carbocycles. The first-order valence-electron chi connectivity index (χ1n) is 5.76. The molecule has 0 aliphatic heterocycles. The molecule has 104 valence electrons. The van der Waals surface area contributed by atoms with Gasteiger partial charge in [-0.25, -0.2) is 10.8 Å². The summed E-state index contributed by atoms with van der Waals surface area (Å²) in [6.45, 7) is 3.49. The van der Waals surface area contributed by atoms with Crippen molar-refractivity contribution in [3.05, 3.63) is 45.6 Å². The second-order valence-electron chi connectivity index (χ2n) is 4.06. The molecule has 0 bridgehead atoms. The number of benzene rings is 1. The number of nitrogens with zero attached hydrogens (tertiary/aromatic N) is 3. The topological polar surface area (TPSA) is 107 Å². The van der Waals surface area contributed by atoms with Crippen molar-refractivity contribution in [1.82, 2.24) is 9.97 Å². The molecule has 3 N–H and O–H groups in total. The van der Waals surface area contributed by atoms with Crippen LogP contribution in [0.3, 0.4) is 0 Å². The normalized spacial score (nSPS) is 10.3. The molecular formula is C12H13N5O2S. The molecule has 0 spiro atoms. The maximum absolute atomic E-state index is 11.2. The molecule has 0 radical (unpaired) electrons. The van der Waals surface area contributed by atoms with Gasteiger partial charge in [0, 0.05) is 4.90 Å². The van der Waals surface area contributed by atoms with Crippen molar-refractivity contribution in [1.29, 1.82) is 0 Å². The number of nitrogen functional groups attached to an aromatic ring is 1. The van der Waals surface area contributed by atoms with Gasteiger partial charge in [-0.1, -0.05) is 30.0 Å². The van der Waals surface area contributed by atoms with Crippen LogP contribution in [0.15, 0.2) is 34.2 Å². The SMILES string of the molecule is Cc1ccccc1Sc1nc(NN)nc(C)c1[N+](=O)[O-]. The average molecular weight is 291 g/mol. The van der Waals surface area contributed by atoms with E-state index in [1.807, 2.05) is 31.2 Å². The van der Waals surface area contributed by atoms with Crippen molar-refractivity contribution >= 4 is 23.4 Å². The third kappa shape index (κ3) is 2.86. The molecule has 7 nitrogen and oxygen atoms in total. The van der Waals surface area contributed by atoms with Crippen molar-refractivity contribution in [2.45, 2.75) is 23.8 Å². The number of aromatic nitrogens is 2. The number of nitrogens with one attached hydrogen (secondary N) is 1. The van der Waals surface area contributed by atoms with Gasteiger partial charge < -0.3 is 0 Å². The van der Waals surface area contributed by atoms with E-state index in [0.29, 0.717) is 0 Å². The second-order valence-corrected chi connectivity index (χ2v) is 5.09. The molecule has 20 heavy (non-hydrogen) atoms. The summed E-state index contributed by atoms with van der Waals surface area (Å²) in [4.78, 5) is 19.6. The van der Waals surface area contributed by atoms with Crippen LogP contribution in [0.25, 0.3) is 0 Å². The van der Waals surface area contributed by atoms with E-state index in [4.69, 9.17) is 5.84 Å². The largest absolute Gasteiger partial charge is 0.322 e. The van der Waals surface area contributed by atoms with Crippen LogP contribution in [0.4, 0.5) is 11.6 Å². The number of anilines is 1. The Morgan fingerprint density at radius 2 is 2.00 bits per heavy atom. The van der Waals surface area contributed by atoms with Gasteiger partial charge in [0.15, 0.2) is 5.03 Å². The van der Waals surface area contributed by atoms with Crippen LogP contribution < -0.4 is 11.3 Å². The first-order chi connectivity index (χ1) is 9.52. The molecule has 8 heteroatoms. The van der Waals surface area contributed by atoms with Crippen molar-refractivity contribution in [2.24, 2.45) is 5.84 Å². The Morgan fingerprint density at radius 1 is 1.30 bits per heavy atom. The lowest BCUT2D eigenvalue weighted by atomic mass is 10.2. The minimum absolute atomic E-state index is 0.0998. The Balaban J connectivity index is 2.52. The predicted molar refractivity (Wildman–Crippen MR) is 76.5 cm³/mol. The fraction of sp³-hybridized carbons (Fsp3) is 0.167. The van der Waals surface area contributed by atoms with Gasteiger partial charge in [0.2, 0.25) is 5.95 Å². The summed E-state index contributed by atoms with van der Waals surface area (Å²) in [6.07, 6.45) is 0. The van der Waals surface area contributed by atoms with Crippen molar-refractivity contribution in [3.8, 4) is 0 Å². The minimum atomic E-state index is -0.476. The molecule has 1 heterocycles. The number of hydrazine groups is 1. The Kier molecular flexibility index (Phi) is 4.16. The van der Waals surface area contributed by atoms with E-state index in [9.17, 15) is 10.1 Å². The highest BCUT2D eigenvalue weighted by molar-refractivity contribution is 7.99. The first kappa shape index (κ1) is 14.2. The monoisotopic (exact) mass is 291 g/mol. The van der Waals surface area contributed by atoms with Crippen molar-refractivity contribution < 1.29 is 4.92 Å². The Bertz CT molecular complexity index is 662. The lowest BCUT2D eigenvalue weighted by Crippen LogP contribution is -2.12. The van der Waals surface area contributed by atoms with Crippen LogP contribution in [0.5, 0.6) is 0 Å². The first-order valence-corrected chi connectivity index (χ1v) is 6.57. The fourth-order valence-corrected chi connectivity index (χ4v) is 2.70. The highest BCUT2D eigenvalue weighted by Crippen LogP contribution is 2.36. The predicted octanol–water partition coefficient (Wildman–Crippen LogP) is 2.44. The van der Waals surface area contributed by atoms with E-state index < -0.39 is 4.92 Å². The number of nitro groups is 1. The average Bonchev–Trinajstić information content (AvgIpc) is 2.40. The summed E-state index contributed by atoms with van der Waals surface area (Å²) in [6, 6.07) is 7.60. The Morgan fingerprint density at radius 3 is 2.60 bits per heavy atom. The van der Waals surface area contributed by atoms with Crippen LogP contribution in [-0.2, 0) is 0 Å². The molecule has 0 aliphatic rings. The number of nitrogens with two attached hydrogens (primary N) is 1. The zero-order valence-electron chi connectivity index (χ0n) is 11.0. The van der Waals surface area contributed by atoms with Crippen molar-refractivity contribution in [2.75, 3.05) is 5.43 Å². The van der Waals surface area contributed by atoms with Crippen LogP contribution in [-0.4, -0.2) is 14.9 Å². The molecule has 1 aromatic heterocycles. The quantitative estimate of drug-likeness (QED) is 0.385. The highest BCUT2D eigenvalue weighted by atomic mass is 32.2. The Labute approximate surface area is 119 Å². The zero-order valence-corrected chi connectivity index (χ0v) is 11.8. The van der Waals surface area contributed by atoms with Gasteiger partial charge in [-0.05, 0) is 25.5 Å². The lowest BCUT2D eigenvalue weighted by molar-refractivity contribution is -0.389. The summed E-state index contributed by atoms with van der Waals surface area (Å²) in [5.74, 6) is 5.44. The summed E-state index contributed by atoms with van der Waals surface area (Å²) >= 11 is 1.22. The van der Waals surface area contributed by atoms with Gasteiger partial charge in [0.05, 0.1) is 4.92 Å². The summed E-state index contributed by atoms with van der Waals surface area (Å²) in [7, 11) is 0. The van der Waals surface area contributed by atoms with Crippen LogP contribution in [0, 0.1) is 24.0 Å². The van der Waals surface area contributed by atoms with E-state index in [1.54, 1.807) is 6.92 Å². The molecule has 0 unspecified atom stereocenters. The fourth-order valence-electron chi connectivity index (χ4n) is 1.66. The lowest BCUT2D eigenvalue weighted by Gasteiger charge is -2.08. The maximum atomic E-state index is 11.2. The van der Waals surface area contributed by atoms with Gasteiger partial charge in [0.25, 0.3) is 0 Å². The summed E-state index contributed by atoms with van der Waals surface area (Å²) < 4.78 is 0. The number of hydrogen-bond donors (Lipinski definition) is 2. The third-order valence-corrected chi connectivity index (χ3v) is 3.79. The van der Waals surface area contributed by atoms with E-state index in [1.165, 1.54) is 11.8 Å². The molecule has 2 aromatic rings. The molecule has 1 aromatic carbocycles.